The van der Waals surface area contributed by atoms with Crippen LogP contribution in [0, 0.1) is 11.8 Å². The van der Waals surface area contributed by atoms with Crippen LogP contribution < -0.4 is 0 Å². The molecule has 1 aliphatic carbocycles. The zero-order valence-electron chi connectivity index (χ0n) is 13.7. The fourth-order valence-corrected chi connectivity index (χ4v) is 2.92. The first kappa shape index (κ1) is 18.9. The lowest BCUT2D eigenvalue weighted by Crippen LogP contribution is -2.05. The van der Waals surface area contributed by atoms with Gasteiger partial charge in [0, 0.05) is 6.42 Å². The Morgan fingerprint density at radius 1 is 1.30 bits per heavy atom. The van der Waals surface area contributed by atoms with Gasteiger partial charge in [-0.1, -0.05) is 44.1 Å². The summed E-state index contributed by atoms with van der Waals surface area (Å²) < 4.78 is 0. The van der Waals surface area contributed by atoms with Crippen molar-refractivity contribution in [2.24, 2.45) is 11.8 Å². The molecule has 0 radical (unpaired) electrons. The second-order valence-corrected chi connectivity index (χ2v) is 5.42. The van der Waals surface area contributed by atoms with E-state index in [1.54, 1.807) is 0 Å². The zero-order valence-corrected chi connectivity index (χ0v) is 13.7. The minimum atomic E-state index is -0.690. The Morgan fingerprint density at radius 3 is 2.60 bits per heavy atom. The number of unbranched alkanes of at least 4 members (excludes halogenated alkanes) is 1. The van der Waals surface area contributed by atoms with Crippen molar-refractivity contribution in [1.82, 2.24) is 0 Å². The largest absolute Gasteiger partial charge is 0.481 e. The van der Waals surface area contributed by atoms with Gasteiger partial charge in [-0.3, -0.25) is 4.79 Å². The predicted octanol–water partition coefficient (Wildman–Crippen LogP) is 5.60. The van der Waals surface area contributed by atoms with Crippen molar-refractivity contribution >= 4 is 5.97 Å². The highest BCUT2D eigenvalue weighted by Gasteiger charge is 2.24. The molecular formula is C18H32O2. The van der Waals surface area contributed by atoms with E-state index in [0.717, 1.165) is 24.7 Å². The highest BCUT2D eigenvalue weighted by atomic mass is 16.4. The Hall–Kier alpha value is -1.05. The number of carboxylic acids is 1. The van der Waals surface area contributed by atoms with Gasteiger partial charge in [0.25, 0.3) is 0 Å². The van der Waals surface area contributed by atoms with Gasteiger partial charge in [-0.25, -0.2) is 0 Å². The number of aliphatic carboxylic acids is 1. The SMILES string of the molecule is C/C=C/C1CCCC1C/C(C)=C/CCCC(=O)O.CC. The number of rotatable bonds is 7. The molecule has 0 aromatic carbocycles. The molecule has 1 saturated carbocycles. The molecule has 2 unspecified atom stereocenters. The summed E-state index contributed by atoms with van der Waals surface area (Å²) in [7, 11) is 0. The fraction of sp³-hybridized carbons (Fsp3) is 0.722. The topological polar surface area (TPSA) is 37.3 Å². The Kier molecular flexibility index (Phi) is 11.1. The monoisotopic (exact) mass is 280 g/mol. The molecule has 0 aromatic rings. The first-order valence-electron chi connectivity index (χ1n) is 8.13. The van der Waals surface area contributed by atoms with E-state index in [9.17, 15) is 4.79 Å². The predicted molar refractivity (Wildman–Crippen MR) is 86.9 cm³/mol. The molecule has 20 heavy (non-hydrogen) atoms. The number of allylic oxidation sites excluding steroid dienone is 4. The van der Waals surface area contributed by atoms with Gasteiger partial charge in [-0.2, -0.15) is 0 Å². The van der Waals surface area contributed by atoms with E-state index in [0.29, 0.717) is 0 Å². The molecule has 1 fully saturated rings. The first-order valence-corrected chi connectivity index (χ1v) is 8.13. The summed E-state index contributed by atoms with van der Waals surface area (Å²) in [6.07, 6.45) is 13.9. The van der Waals surface area contributed by atoms with Crippen LogP contribution in [0.4, 0.5) is 0 Å². The lowest BCUT2D eigenvalue weighted by Gasteiger charge is -2.16. The van der Waals surface area contributed by atoms with E-state index >= 15 is 0 Å². The normalized spacial score (nSPS) is 22.7. The molecule has 0 aliphatic heterocycles. The van der Waals surface area contributed by atoms with Crippen molar-refractivity contribution in [2.75, 3.05) is 0 Å². The Labute approximate surface area is 125 Å². The third kappa shape index (κ3) is 8.19. The third-order valence-electron chi connectivity index (χ3n) is 3.83. The standard InChI is InChI=1S/C16H26O2.C2H6/c1-3-7-14-9-6-10-15(14)12-13(2)8-4-5-11-16(17)18;1-2/h3,7-8,14-15H,4-6,9-12H2,1-2H3,(H,17,18);1-2H3/b7-3+,13-8+;. The molecule has 2 heteroatoms. The van der Waals surface area contributed by atoms with E-state index in [1.807, 2.05) is 13.8 Å². The average molecular weight is 280 g/mol. The van der Waals surface area contributed by atoms with Crippen molar-refractivity contribution in [3.63, 3.8) is 0 Å². The lowest BCUT2D eigenvalue weighted by atomic mass is 9.89. The number of hydrogen-bond acceptors (Lipinski definition) is 1. The van der Waals surface area contributed by atoms with Crippen LogP contribution in [0.3, 0.4) is 0 Å². The summed E-state index contributed by atoms with van der Waals surface area (Å²) in [4.78, 5) is 10.4. The van der Waals surface area contributed by atoms with Crippen LogP contribution in [-0.4, -0.2) is 11.1 Å². The number of hydrogen-bond donors (Lipinski definition) is 1. The van der Waals surface area contributed by atoms with Crippen LogP contribution in [0.2, 0.25) is 0 Å². The maximum absolute atomic E-state index is 10.4. The Balaban J connectivity index is 0.00000172. The maximum Gasteiger partial charge on any atom is 0.303 e. The Bertz CT molecular complexity index is 315. The van der Waals surface area contributed by atoms with Crippen molar-refractivity contribution in [1.29, 1.82) is 0 Å². The molecular weight excluding hydrogens is 248 g/mol. The van der Waals surface area contributed by atoms with Crippen molar-refractivity contribution in [2.45, 2.75) is 72.6 Å². The fourth-order valence-electron chi connectivity index (χ4n) is 2.92. The van der Waals surface area contributed by atoms with Gasteiger partial charge in [0.15, 0.2) is 0 Å². The van der Waals surface area contributed by atoms with E-state index in [4.69, 9.17) is 5.11 Å². The summed E-state index contributed by atoms with van der Waals surface area (Å²) in [5.41, 5.74) is 1.43. The average Bonchev–Trinajstić information content (AvgIpc) is 2.85. The highest BCUT2D eigenvalue weighted by Crippen LogP contribution is 2.36. The molecule has 1 N–H and O–H groups in total. The summed E-state index contributed by atoms with van der Waals surface area (Å²) >= 11 is 0. The molecule has 0 heterocycles. The third-order valence-corrected chi connectivity index (χ3v) is 3.83. The van der Waals surface area contributed by atoms with Crippen molar-refractivity contribution in [3.8, 4) is 0 Å². The van der Waals surface area contributed by atoms with E-state index in [-0.39, 0.29) is 6.42 Å². The lowest BCUT2D eigenvalue weighted by molar-refractivity contribution is -0.137. The minimum absolute atomic E-state index is 0.286. The number of carboxylic acid groups (broad SMARTS) is 1. The summed E-state index contributed by atoms with van der Waals surface area (Å²) in [6, 6.07) is 0. The summed E-state index contributed by atoms with van der Waals surface area (Å²) in [6.45, 7) is 8.29. The molecule has 1 rings (SSSR count). The smallest absolute Gasteiger partial charge is 0.303 e. The zero-order chi connectivity index (χ0) is 15.4. The molecule has 0 bridgehead atoms. The van der Waals surface area contributed by atoms with Gasteiger partial charge in [-0.15, -0.1) is 0 Å². The highest BCUT2D eigenvalue weighted by molar-refractivity contribution is 5.66. The minimum Gasteiger partial charge on any atom is -0.481 e. The molecule has 0 spiro atoms. The van der Waals surface area contributed by atoms with E-state index < -0.39 is 5.97 Å². The summed E-state index contributed by atoms with van der Waals surface area (Å²) in [5, 5.41) is 8.57. The van der Waals surface area contributed by atoms with Gasteiger partial charge >= 0.3 is 5.97 Å². The molecule has 2 atom stereocenters. The van der Waals surface area contributed by atoms with Gasteiger partial charge < -0.3 is 5.11 Å². The molecule has 1 aliphatic rings. The van der Waals surface area contributed by atoms with Gasteiger partial charge in [0.05, 0.1) is 0 Å². The van der Waals surface area contributed by atoms with Gasteiger partial charge in [0.1, 0.15) is 0 Å². The maximum atomic E-state index is 10.4. The first-order chi connectivity index (χ1) is 9.63. The Morgan fingerprint density at radius 2 is 2.00 bits per heavy atom. The van der Waals surface area contributed by atoms with Crippen LogP contribution in [0.1, 0.15) is 72.6 Å². The van der Waals surface area contributed by atoms with Crippen LogP contribution in [0.5, 0.6) is 0 Å². The van der Waals surface area contributed by atoms with Crippen molar-refractivity contribution < 1.29 is 9.90 Å². The van der Waals surface area contributed by atoms with E-state index in [1.165, 1.54) is 31.3 Å². The van der Waals surface area contributed by atoms with Crippen LogP contribution >= 0.6 is 0 Å². The van der Waals surface area contributed by atoms with Crippen LogP contribution in [-0.2, 0) is 4.79 Å². The van der Waals surface area contributed by atoms with Crippen LogP contribution in [0.25, 0.3) is 0 Å². The quantitative estimate of drug-likeness (QED) is 0.487. The molecule has 0 amide bonds. The second kappa shape index (κ2) is 11.7. The molecule has 116 valence electrons. The van der Waals surface area contributed by atoms with E-state index in [2.05, 4.69) is 32.1 Å². The molecule has 0 saturated heterocycles. The van der Waals surface area contributed by atoms with Gasteiger partial charge in [0.2, 0.25) is 0 Å². The van der Waals surface area contributed by atoms with Crippen LogP contribution in [0.15, 0.2) is 23.8 Å². The van der Waals surface area contributed by atoms with Crippen molar-refractivity contribution in [3.05, 3.63) is 23.8 Å². The molecule has 0 aromatic heterocycles. The molecule has 2 nitrogen and oxygen atoms in total. The number of carbonyl (C=O) groups is 1. The summed E-state index contributed by atoms with van der Waals surface area (Å²) in [5.74, 6) is 0.874. The second-order valence-electron chi connectivity index (χ2n) is 5.42. The van der Waals surface area contributed by atoms with Gasteiger partial charge in [-0.05, 0) is 57.8 Å².